The Kier molecular flexibility index (Phi) is 6.51. The third-order valence-electron chi connectivity index (χ3n) is 6.10. The average Bonchev–Trinajstić information content (AvgIpc) is 3.21. The van der Waals surface area contributed by atoms with Crippen molar-refractivity contribution in [2.24, 2.45) is 11.8 Å². The summed E-state index contributed by atoms with van der Waals surface area (Å²) < 4.78 is 13.1. The van der Waals surface area contributed by atoms with Crippen LogP contribution in [0.4, 0.5) is 4.39 Å². The molecule has 1 aliphatic heterocycles. The molecule has 4 nitrogen and oxygen atoms in total. The van der Waals surface area contributed by atoms with Crippen LogP contribution in [-0.4, -0.2) is 35.8 Å². The summed E-state index contributed by atoms with van der Waals surface area (Å²) in [5.74, 6) is 0.361. The molecule has 1 aliphatic carbocycles. The van der Waals surface area contributed by atoms with E-state index >= 15 is 0 Å². The molecule has 3 rings (SSSR count). The van der Waals surface area contributed by atoms with Crippen LogP contribution in [0.1, 0.15) is 63.9 Å². The zero-order valence-corrected chi connectivity index (χ0v) is 16.4. The molecular weight excluding hydrogens is 343 g/mol. The number of likely N-dealkylation sites (tertiary alicyclic amines) is 1. The Labute approximate surface area is 161 Å². The van der Waals surface area contributed by atoms with Crippen LogP contribution in [0.15, 0.2) is 24.3 Å². The first-order valence-corrected chi connectivity index (χ1v) is 10.3. The van der Waals surface area contributed by atoms with Gasteiger partial charge in [0.05, 0.1) is 0 Å². The largest absolute Gasteiger partial charge is 0.344 e. The minimum atomic E-state index is -0.444. The highest BCUT2D eigenvalue weighted by atomic mass is 19.1. The van der Waals surface area contributed by atoms with Crippen molar-refractivity contribution in [1.29, 1.82) is 0 Å². The van der Waals surface area contributed by atoms with Gasteiger partial charge in [-0.1, -0.05) is 38.8 Å². The zero-order valence-electron chi connectivity index (χ0n) is 16.4. The predicted molar refractivity (Wildman–Crippen MR) is 104 cm³/mol. The molecule has 0 spiro atoms. The first kappa shape index (κ1) is 19.8. The molecular formula is C22H31FN2O2. The van der Waals surface area contributed by atoms with E-state index in [4.69, 9.17) is 0 Å². The van der Waals surface area contributed by atoms with Gasteiger partial charge in [-0.05, 0) is 55.2 Å². The van der Waals surface area contributed by atoms with Gasteiger partial charge in [0.2, 0.25) is 11.8 Å². The van der Waals surface area contributed by atoms with E-state index in [9.17, 15) is 14.0 Å². The van der Waals surface area contributed by atoms with Gasteiger partial charge in [0.25, 0.3) is 0 Å². The Balaban J connectivity index is 1.57. The summed E-state index contributed by atoms with van der Waals surface area (Å²) in [6.45, 7) is 5.35. The normalized spacial score (nSPS) is 20.1. The molecule has 148 valence electrons. The fraction of sp³-hybridized carbons (Fsp3) is 0.636. The Morgan fingerprint density at radius 1 is 1.04 bits per heavy atom. The number of benzene rings is 1. The van der Waals surface area contributed by atoms with Crippen molar-refractivity contribution in [3.05, 3.63) is 35.6 Å². The number of nitrogens with one attached hydrogen (secondary N) is 1. The quantitative estimate of drug-likeness (QED) is 0.851. The van der Waals surface area contributed by atoms with Gasteiger partial charge in [0, 0.05) is 19.0 Å². The molecule has 2 amide bonds. The van der Waals surface area contributed by atoms with Crippen LogP contribution in [0.3, 0.4) is 0 Å². The Morgan fingerprint density at radius 3 is 2.19 bits per heavy atom. The van der Waals surface area contributed by atoms with E-state index in [1.165, 1.54) is 12.1 Å². The Morgan fingerprint density at radius 2 is 1.63 bits per heavy atom. The maximum absolute atomic E-state index is 13.1. The molecule has 0 radical (unpaired) electrons. The summed E-state index contributed by atoms with van der Waals surface area (Å²) in [6, 6.07) is 6.24. The van der Waals surface area contributed by atoms with E-state index in [-0.39, 0.29) is 29.5 Å². The van der Waals surface area contributed by atoms with E-state index < -0.39 is 6.04 Å². The van der Waals surface area contributed by atoms with Crippen molar-refractivity contribution in [2.75, 3.05) is 13.1 Å². The molecule has 0 aromatic heterocycles. The van der Waals surface area contributed by atoms with Crippen molar-refractivity contribution < 1.29 is 14.0 Å². The molecule has 5 heteroatoms. The first-order valence-electron chi connectivity index (χ1n) is 10.3. The molecule has 1 aromatic carbocycles. The van der Waals surface area contributed by atoms with Crippen molar-refractivity contribution >= 4 is 11.8 Å². The number of piperidine rings is 1. The van der Waals surface area contributed by atoms with Gasteiger partial charge < -0.3 is 10.2 Å². The van der Waals surface area contributed by atoms with Crippen molar-refractivity contribution in [3.8, 4) is 0 Å². The number of hydrogen-bond acceptors (Lipinski definition) is 2. The number of amides is 2. The second kappa shape index (κ2) is 8.85. The Bertz CT molecular complexity index is 645. The maximum atomic E-state index is 13.1. The molecule has 0 unspecified atom stereocenters. The third kappa shape index (κ3) is 4.88. The Hall–Kier alpha value is -1.91. The molecule has 1 atom stereocenters. The second-order valence-electron chi connectivity index (χ2n) is 8.36. The van der Waals surface area contributed by atoms with Crippen molar-refractivity contribution in [2.45, 2.75) is 64.3 Å². The van der Waals surface area contributed by atoms with Gasteiger partial charge in [0.15, 0.2) is 0 Å². The zero-order chi connectivity index (χ0) is 19.4. The van der Waals surface area contributed by atoms with Crippen LogP contribution in [0, 0.1) is 17.7 Å². The summed E-state index contributed by atoms with van der Waals surface area (Å²) >= 11 is 0. The number of carbonyl (C=O) groups excluding carboxylic acids is 2. The number of nitrogens with zero attached hydrogens (tertiary/aromatic N) is 1. The highest BCUT2D eigenvalue weighted by Crippen LogP contribution is 2.29. The molecule has 2 fully saturated rings. The van der Waals surface area contributed by atoms with Crippen LogP contribution in [0.5, 0.6) is 0 Å². The van der Waals surface area contributed by atoms with E-state index in [2.05, 4.69) is 5.32 Å². The van der Waals surface area contributed by atoms with Crippen LogP contribution in [-0.2, 0) is 9.59 Å². The monoisotopic (exact) mass is 374 g/mol. The minimum Gasteiger partial charge on any atom is -0.344 e. The van der Waals surface area contributed by atoms with Crippen molar-refractivity contribution in [1.82, 2.24) is 10.2 Å². The molecule has 0 bridgehead atoms. The summed E-state index contributed by atoms with van der Waals surface area (Å²) in [5, 5.41) is 3.03. The van der Waals surface area contributed by atoms with Gasteiger partial charge in [-0.2, -0.15) is 0 Å². The van der Waals surface area contributed by atoms with Gasteiger partial charge in [-0.3, -0.25) is 9.59 Å². The number of hydrogen-bond donors (Lipinski definition) is 1. The van der Waals surface area contributed by atoms with E-state index in [1.54, 1.807) is 0 Å². The number of halogens is 1. The maximum Gasteiger partial charge on any atom is 0.245 e. The van der Waals surface area contributed by atoms with Gasteiger partial charge in [-0.25, -0.2) is 4.39 Å². The molecule has 1 aromatic rings. The number of rotatable bonds is 5. The lowest BCUT2D eigenvalue weighted by atomic mass is 9.89. The van der Waals surface area contributed by atoms with E-state index in [1.807, 2.05) is 30.9 Å². The van der Waals surface area contributed by atoms with Crippen LogP contribution in [0.2, 0.25) is 0 Å². The van der Waals surface area contributed by atoms with E-state index in [0.717, 1.165) is 44.1 Å². The summed E-state index contributed by atoms with van der Waals surface area (Å²) in [6.07, 6.45) is 5.84. The molecule has 1 saturated heterocycles. The lowest BCUT2D eigenvalue weighted by Crippen LogP contribution is -2.53. The van der Waals surface area contributed by atoms with Crippen LogP contribution < -0.4 is 5.32 Å². The second-order valence-corrected chi connectivity index (χ2v) is 8.36. The molecule has 1 N–H and O–H groups in total. The summed E-state index contributed by atoms with van der Waals surface area (Å²) in [4.78, 5) is 27.4. The summed E-state index contributed by atoms with van der Waals surface area (Å²) in [7, 11) is 0. The van der Waals surface area contributed by atoms with Crippen LogP contribution in [0.25, 0.3) is 0 Å². The minimum absolute atomic E-state index is 0.0360. The van der Waals surface area contributed by atoms with Crippen LogP contribution >= 0.6 is 0 Å². The van der Waals surface area contributed by atoms with E-state index in [0.29, 0.717) is 19.0 Å². The van der Waals surface area contributed by atoms with Gasteiger partial charge >= 0.3 is 0 Å². The molecule has 27 heavy (non-hydrogen) atoms. The summed E-state index contributed by atoms with van der Waals surface area (Å²) in [5.41, 5.74) is 1.14. The molecule has 1 heterocycles. The number of carbonyl (C=O) groups is 2. The average molecular weight is 375 g/mol. The standard InChI is InChI=1S/C22H31FN2O2/c1-15(2)20(24-21(26)18-5-3-4-6-18)22(27)25-13-11-17(12-14-25)16-7-9-19(23)10-8-16/h7-10,15,17-18,20H,3-6,11-14H2,1-2H3,(H,24,26)/t20-/m1/s1. The fourth-order valence-corrected chi connectivity index (χ4v) is 4.34. The highest BCUT2D eigenvalue weighted by molar-refractivity contribution is 5.88. The lowest BCUT2D eigenvalue weighted by molar-refractivity contribution is -0.139. The lowest BCUT2D eigenvalue weighted by Gasteiger charge is -2.36. The SMILES string of the molecule is CC(C)[C@@H](NC(=O)C1CCCC1)C(=O)N1CCC(c2ccc(F)cc2)CC1. The predicted octanol–water partition coefficient (Wildman–Crippen LogP) is 3.86. The fourth-order valence-electron chi connectivity index (χ4n) is 4.34. The topological polar surface area (TPSA) is 49.4 Å². The third-order valence-corrected chi connectivity index (χ3v) is 6.10. The molecule has 2 aliphatic rings. The smallest absolute Gasteiger partial charge is 0.245 e. The van der Waals surface area contributed by atoms with Gasteiger partial charge in [-0.15, -0.1) is 0 Å². The first-order chi connectivity index (χ1) is 13.0. The van der Waals surface area contributed by atoms with Gasteiger partial charge in [0.1, 0.15) is 11.9 Å². The molecule has 1 saturated carbocycles. The highest BCUT2D eigenvalue weighted by Gasteiger charge is 2.33. The van der Waals surface area contributed by atoms with Crippen molar-refractivity contribution in [3.63, 3.8) is 0 Å².